The summed E-state index contributed by atoms with van der Waals surface area (Å²) in [6.45, 7) is 0. The lowest BCUT2D eigenvalue weighted by molar-refractivity contribution is -0.143. The summed E-state index contributed by atoms with van der Waals surface area (Å²) >= 11 is 0. The van der Waals surface area contributed by atoms with Crippen molar-refractivity contribution in [2.24, 2.45) is 5.73 Å². The molecule has 0 spiro atoms. The molecule has 1 aliphatic heterocycles. The van der Waals surface area contributed by atoms with E-state index >= 15 is 0 Å². The molecule has 1 heterocycles. The number of primary amides is 1. The number of amides is 3. The first-order chi connectivity index (χ1) is 8.93. The van der Waals surface area contributed by atoms with Crippen LogP contribution in [0.25, 0.3) is 0 Å². The minimum absolute atomic E-state index is 0.128. The van der Waals surface area contributed by atoms with Gasteiger partial charge in [0.1, 0.15) is 6.04 Å². The second-order valence-electron chi connectivity index (χ2n) is 4.05. The lowest BCUT2D eigenvalue weighted by Gasteiger charge is -2.21. The summed E-state index contributed by atoms with van der Waals surface area (Å²) in [6, 6.07) is 4.41. The van der Waals surface area contributed by atoms with Crippen molar-refractivity contribution in [3.63, 3.8) is 0 Å². The predicted molar refractivity (Wildman–Crippen MR) is 62.2 cm³/mol. The smallest absolute Gasteiger partial charge is 0.327 e. The zero-order valence-electron chi connectivity index (χ0n) is 9.70. The Morgan fingerprint density at radius 2 is 1.63 bits per heavy atom. The van der Waals surface area contributed by atoms with Gasteiger partial charge in [0.05, 0.1) is 17.5 Å². The number of carbonyl (C=O) groups is 4. The van der Waals surface area contributed by atoms with Gasteiger partial charge in [-0.05, 0) is 12.1 Å². The van der Waals surface area contributed by atoms with Gasteiger partial charge >= 0.3 is 5.97 Å². The molecule has 1 atom stereocenters. The number of nitrogens with two attached hydrogens (primary N) is 1. The Labute approximate surface area is 107 Å². The summed E-state index contributed by atoms with van der Waals surface area (Å²) in [6.07, 6.45) is -0.610. The molecule has 7 nitrogen and oxygen atoms in total. The van der Waals surface area contributed by atoms with E-state index in [1.165, 1.54) is 12.1 Å². The molecule has 3 amide bonds. The van der Waals surface area contributed by atoms with Crippen molar-refractivity contribution < 1.29 is 24.3 Å². The van der Waals surface area contributed by atoms with Gasteiger partial charge < -0.3 is 10.8 Å². The Morgan fingerprint density at radius 1 is 1.16 bits per heavy atom. The number of carboxylic acids is 1. The normalized spacial score (nSPS) is 15.3. The van der Waals surface area contributed by atoms with Gasteiger partial charge in [-0.15, -0.1) is 0 Å². The molecule has 2 rings (SSSR count). The second-order valence-corrected chi connectivity index (χ2v) is 4.05. The zero-order valence-corrected chi connectivity index (χ0v) is 9.70. The number of imide groups is 1. The molecule has 0 fully saturated rings. The van der Waals surface area contributed by atoms with Gasteiger partial charge in [0.25, 0.3) is 11.8 Å². The highest BCUT2D eigenvalue weighted by molar-refractivity contribution is 6.22. The minimum Gasteiger partial charge on any atom is -0.480 e. The van der Waals surface area contributed by atoms with E-state index in [4.69, 9.17) is 10.8 Å². The number of nitrogens with zero attached hydrogens (tertiary/aromatic N) is 1. The topological polar surface area (TPSA) is 118 Å². The summed E-state index contributed by atoms with van der Waals surface area (Å²) in [5, 5.41) is 9.04. The summed E-state index contributed by atoms with van der Waals surface area (Å²) in [5.74, 6) is -3.80. The van der Waals surface area contributed by atoms with Crippen LogP contribution in [0, 0.1) is 0 Å². The number of aliphatic carboxylic acids is 1. The molecule has 1 aromatic rings. The zero-order chi connectivity index (χ0) is 14.2. The van der Waals surface area contributed by atoms with Crippen LogP contribution in [0.1, 0.15) is 27.1 Å². The van der Waals surface area contributed by atoms with Crippen molar-refractivity contribution in [1.29, 1.82) is 0 Å². The fourth-order valence-electron chi connectivity index (χ4n) is 1.97. The van der Waals surface area contributed by atoms with Crippen molar-refractivity contribution in [3.05, 3.63) is 35.4 Å². The lowest BCUT2D eigenvalue weighted by atomic mass is 10.1. The van der Waals surface area contributed by atoms with Crippen molar-refractivity contribution in [1.82, 2.24) is 4.90 Å². The number of carboxylic acid groups (broad SMARTS) is 1. The fourth-order valence-corrected chi connectivity index (χ4v) is 1.97. The van der Waals surface area contributed by atoms with Crippen molar-refractivity contribution in [2.45, 2.75) is 12.5 Å². The molecule has 19 heavy (non-hydrogen) atoms. The van der Waals surface area contributed by atoms with E-state index in [1.54, 1.807) is 12.1 Å². The number of benzene rings is 1. The first kappa shape index (κ1) is 12.7. The maximum Gasteiger partial charge on any atom is 0.327 e. The van der Waals surface area contributed by atoms with Crippen LogP contribution >= 0.6 is 0 Å². The highest BCUT2D eigenvalue weighted by Gasteiger charge is 2.43. The Morgan fingerprint density at radius 3 is 2.00 bits per heavy atom. The van der Waals surface area contributed by atoms with Crippen LogP contribution in [0.3, 0.4) is 0 Å². The largest absolute Gasteiger partial charge is 0.480 e. The van der Waals surface area contributed by atoms with Crippen LogP contribution < -0.4 is 5.73 Å². The SMILES string of the molecule is NC(=O)C[C@@H](C(=O)O)N1C(=O)c2ccccc2C1=O. The Kier molecular flexibility index (Phi) is 3.04. The van der Waals surface area contributed by atoms with Crippen molar-refractivity contribution in [3.8, 4) is 0 Å². The first-order valence-corrected chi connectivity index (χ1v) is 5.41. The highest BCUT2D eigenvalue weighted by Crippen LogP contribution is 2.25. The number of hydrogen-bond acceptors (Lipinski definition) is 4. The number of rotatable bonds is 4. The van der Waals surface area contributed by atoms with Crippen LogP contribution in [0.15, 0.2) is 24.3 Å². The van der Waals surface area contributed by atoms with Gasteiger partial charge in [-0.25, -0.2) is 4.79 Å². The maximum absolute atomic E-state index is 12.0. The van der Waals surface area contributed by atoms with Gasteiger partial charge in [0.2, 0.25) is 5.91 Å². The summed E-state index contributed by atoms with van der Waals surface area (Å²) in [7, 11) is 0. The maximum atomic E-state index is 12.0. The van der Waals surface area contributed by atoms with E-state index in [1.807, 2.05) is 0 Å². The van der Waals surface area contributed by atoms with E-state index in [0.29, 0.717) is 4.90 Å². The summed E-state index contributed by atoms with van der Waals surface area (Å²) < 4.78 is 0. The molecule has 0 unspecified atom stereocenters. The van der Waals surface area contributed by atoms with E-state index < -0.39 is 36.2 Å². The number of hydrogen-bond donors (Lipinski definition) is 2. The standard InChI is InChI=1S/C12H10N2O5/c13-9(15)5-8(12(18)19)14-10(16)6-3-1-2-4-7(6)11(14)17/h1-4,8H,5H2,(H2,13,15)(H,18,19)/t8-/m0/s1. The minimum atomic E-state index is -1.58. The first-order valence-electron chi connectivity index (χ1n) is 5.41. The molecule has 7 heteroatoms. The molecule has 0 aromatic heterocycles. The summed E-state index contributed by atoms with van der Waals surface area (Å²) in [4.78, 5) is 46.6. The number of fused-ring (bicyclic) bond motifs is 1. The van der Waals surface area contributed by atoms with Crippen LogP contribution in [-0.2, 0) is 9.59 Å². The van der Waals surface area contributed by atoms with Crippen LogP contribution in [0.4, 0.5) is 0 Å². The van der Waals surface area contributed by atoms with Crippen molar-refractivity contribution in [2.75, 3.05) is 0 Å². The van der Waals surface area contributed by atoms with Crippen LogP contribution in [0.5, 0.6) is 0 Å². The summed E-state index contributed by atoms with van der Waals surface area (Å²) in [5.41, 5.74) is 5.20. The monoisotopic (exact) mass is 262 g/mol. The molecule has 0 saturated carbocycles. The Hall–Kier alpha value is -2.70. The third kappa shape index (κ3) is 2.05. The van der Waals surface area contributed by atoms with Crippen LogP contribution in [0.2, 0.25) is 0 Å². The molecule has 1 aromatic carbocycles. The third-order valence-electron chi connectivity index (χ3n) is 2.82. The molecule has 0 aliphatic carbocycles. The predicted octanol–water partition coefficient (Wildman–Crippen LogP) is -0.389. The Balaban J connectivity index is 2.42. The lowest BCUT2D eigenvalue weighted by Crippen LogP contribution is -2.46. The van der Waals surface area contributed by atoms with Gasteiger partial charge in [-0.3, -0.25) is 19.3 Å². The fraction of sp³-hybridized carbons (Fsp3) is 0.167. The molecule has 0 bridgehead atoms. The van der Waals surface area contributed by atoms with E-state index in [9.17, 15) is 19.2 Å². The average Bonchev–Trinajstić information content (AvgIpc) is 2.60. The number of carbonyl (C=O) groups excluding carboxylic acids is 3. The third-order valence-corrected chi connectivity index (χ3v) is 2.82. The molecular formula is C12H10N2O5. The van der Waals surface area contributed by atoms with Crippen LogP contribution in [-0.4, -0.2) is 39.7 Å². The molecule has 0 saturated heterocycles. The molecule has 0 radical (unpaired) electrons. The van der Waals surface area contributed by atoms with E-state index in [2.05, 4.69) is 0 Å². The highest BCUT2D eigenvalue weighted by atomic mass is 16.4. The molecule has 3 N–H and O–H groups in total. The molecule has 1 aliphatic rings. The molecular weight excluding hydrogens is 252 g/mol. The van der Waals surface area contributed by atoms with E-state index in [-0.39, 0.29) is 11.1 Å². The second kappa shape index (κ2) is 4.52. The quantitative estimate of drug-likeness (QED) is 0.716. The van der Waals surface area contributed by atoms with Gasteiger partial charge in [-0.2, -0.15) is 0 Å². The van der Waals surface area contributed by atoms with Gasteiger partial charge in [-0.1, -0.05) is 12.1 Å². The molecule has 98 valence electrons. The van der Waals surface area contributed by atoms with Gasteiger partial charge in [0, 0.05) is 0 Å². The van der Waals surface area contributed by atoms with Gasteiger partial charge in [0.15, 0.2) is 0 Å². The Bertz CT molecular complexity index is 561. The average molecular weight is 262 g/mol. The van der Waals surface area contributed by atoms with E-state index in [0.717, 1.165) is 0 Å². The van der Waals surface area contributed by atoms with Crippen molar-refractivity contribution >= 4 is 23.7 Å².